The van der Waals surface area contributed by atoms with Crippen molar-refractivity contribution >= 4 is 28.4 Å². The summed E-state index contributed by atoms with van der Waals surface area (Å²) in [5.41, 5.74) is 4.74. The van der Waals surface area contributed by atoms with Gasteiger partial charge in [-0.3, -0.25) is 4.79 Å². The zero-order valence-corrected chi connectivity index (χ0v) is 19.3. The van der Waals surface area contributed by atoms with Crippen LogP contribution in [-0.4, -0.2) is 40.2 Å². The van der Waals surface area contributed by atoms with Gasteiger partial charge in [0.05, 0.1) is 24.8 Å². The quantitative estimate of drug-likeness (QED) is 0.323. The molecule has 0 aliphatic heterocycles. The summed E-state index contributed by atoms with van der Waals surface area (Å²) in [5.74, 6) is 0.147. The predicted molar refractivity (Wildman–Crippen MR) is 131 cm³/mol. The molecule has 3 N–H and O–H groups in total. The van der Waals surface area contributed by atoms with Gasteiger partial charge in [-0.1, -0.05) is 35.9 Å². The van der Waals surface area contributed by atoms with E-state index in [2.05, 4.69) is 15.3 Å². The smallest absolute Gasteiger partial charge is 0.255 e. The van der Waals surface area contributed by atoms with Crippen LogP contribution in [0, 0.1) is 6.92 Å². The van der Waals surface area contributed by atoms with Gasteiger partial charge in [0.2, 0.25) is 0 Å². The third-order valence-corrected chi connectivity index (χ3v) is 5.81. The second kappa shape index (κ2) is 10.1. The number of carbonyl (C=O) groups excluding carboxylic acids is 1. The zero-order valence-electron chi connectivity index (χ0n) is 18.6. The number of ether oxygens (including phenoxy) is 1. The van der Waals surface area contributed by atoms with Crippen LogP contribution >= 0.6 is 11.6 Å². The van der Waals surface area contributed by atoms with Crippen LogP contribution in [-0.2, 0) is 6.42 Å². The Hall–Kier alpha value is -3.35. The lowest BCUT2D eigenvalue weighted by Gasteiger charge is -2.18. The van der Waals surface area contributed by atoms with Gasteiger partial charge in [-0.25, -0.2) is 4.98 Å². The summed E-state index contributed by atoms with van der Waals surface area (Å²) < 4.78 is 5.70. The van der Waals surface area contributed by atoms with E-state index in [0.717, 1.165) is 33.3 Å². The molecule has 4 aromatic rings. The van der Waals surface area contributed by atoms with Crippen LogP contribution in [0.2, 0.25) is 5.15 Å². The van der Waals surface area contributed by atoms with E-state index in [1.165, 1.54) is 0 Å². The number of nitrogens with one attached hydrogen (secondary N) is 2. The topological polar surface area (TPSA) is 87.2 Å². The Labute approximate surface area is 197 Å². The first-order valence-corrected chi connectivity index (χ1v) is 11.2. The summed E-state index contributed by atoms with van der Waals surface area (Å²) in [5, 5.41) is 14.4. The Morgan fingerprint density at radius 3 is 2.79 bits per heavy atom. The Kier molecular flexibility index (Phi) is 6.96. The van der Waals surface area contributed by atoms with E-state index in [4.69, 9.17) is 16.3 Å². The number of hydrogen-bond donors (Lipinski definition) is 3. The number of aliphatic hydroxyl groups excluding tert-OH is 1. The number of fused-ring (bicyclic) bond motifs is 1. The van der Waals surface area contributed by atoms with Crippen molar-refractivity contribution in [3.63, 3.8) is 0 Å². The van der Waals surface area contributed by atoms with Gasteiger partial charge in [-0.05, 0) is 61.7 Å². The molecule has 33 heavy (non-hydrogen) atoms. The molecule has 2 aromatic heterocycles. The van der Waals surface area contributed by atoms with E-state index in [-0.39, 0.29) is 12.5 Å². The molecular formula is C26H26ClN3O3. The second-order valence-corrected chi connectivity index (χ2v) is 8.21. The number of aromatic amines is 1. The minimum Gasteiger partial charge on any atom is -0.493 e. The van der Waals surface area contributed by atoms with Crippen LogP contribution in [0.3, 0.4) is 0 Å². The first kappa shape index (κ1) is 22.8. The molecule has 0 bridgehead atoms. The highest BCUT2D eigenvalue weighted by molar-refractivity contribution is 6.32. The maximum Gasteiger partial charge on any atom is 0.255 e. The lowest BCUT2D eigenvalue weighted by atomic mass is 10.0. The summed E-state index contributed by atoms with van der Waals surface area (Å²) in [7, 11) is 0. The van der Waals surface area contributed by atoms with Crippen LogP contribution in [0.1, 0.15) is 28.5 Å². The number of halogens is 1. The number of nitrogens with zero attached hydrogens (tertiary/aromatic N) is 1. The SMILES string of the molecule is CCOc1ccc(-c2ccc(C)nc2Cl)cc1C(=O)N[C@@H](CO)Cc1c[nH]c2ccccc12. The van der Waals surface area contributed by atoms with Gasteiger partial charge in [-0.2, -0.15) is 0 Å². The van der Waals surface area contributed by atoms with Gasteiger partial charge in [0.25, 0.3) is 5.91 Å². The molecule has 0 aliphatic rings. The van der Waals surface area contributed by atoms with Crippen LogP contribution in [0.15, 0.2) is 60.8 Å². The molecule has 170 valence electrons. The van der Waals surface area contributed by atoms with Gasteiger partial charge in [0.1, 0.15) is 10.9 Å². The van der Waals surface area contributed by atoms with Crippen LogP contribution in [0.5, 0.6) is 5.75 Å². The minimum absolute atomic E-state index is 0.192. The number of carbonyl (C=O) groups is 1. The molecule has 7 heteroatoms. The van der Waals surface area contributed by atoms with Crippen molar-refractivity contribution in [1.29, 1.82) is 0 Å². The number of aromatic nitrogens is 2. The first-order valence-electron chi connectivity index (χ1n) is 10.9. The lowest BCUT2D eigenvalue weighted by molar-refractivity contribution is 0.0913. The molecule has 0 radical (unpaired) electrons. The average Bonchev–Trinajstić information content (AvgIpc) is 3.22. The van der Waals surface area contributed by atoms with Gasteiger partial charge < -0.3 is 20.1 Å². The number of pyridine rings is 1. The standard InChI is InChI=1S/C26H26ClN3O3/c1-3-33-24-11-9-17(21-10-8-16(2)29-25(21)27)13-22(24)26(32)30-19(15-31)12-18-14-28-23-7-5-4-6-20(18)23/h4-11,13-14,19,28,31H,3,12,15H2,1-2H3,(H,30,32)/t19-/m1/s1. The summed E-state index contributed by atoms with van der Waals surface area (Å²) in [4.78, 5) is 20.8. The number of hydrogen-bond acceptors (Lipinski definition) is 4. The fourth-order valence-electron chi connectivity index (χ4n) is 3.89. The fourth-order valence-corrected chi connectivity index (χ4v) is 4.19. The van der Waals surface area contributed by atoms with Crippen LogP contribution in [0.4, 0.5) is 0 Å². The number of rotatable bonds is 8. The Balaban J connectivity index is 1.61. The van der Waals surface area contributed by atoms with Crippen LogP contribution in [0.25, 0.3) is 22.0 Å². The number of aryl methyl sites for hydroxylation is 1. The molecule has 0 unspecified atom stereocenters. The second-order valence-electron chi connectivity index (χ2n) is 7.85. The van der Waals surface area contributed by atoms with Gasteiger partial charge in [0.15, 0.2) is 0 Å². The third kappa shape index (κ3) is 5.02. The molecule has 0 aliphatic carbocycles. The average molecular weight is 464 g/mol. The lowest BCUT2D eigenvalue weighted by Crippen LogP contribution is -2.39. The third-order valence-electron chi connectivity index (χ3n) is 5.52. The summed E-state index contributed by atoms with van der Waals surface area (Å²) in [6.45, 7) is 3.97. The molecule has 0 fully saturated rings. The molecule has 2 heterocycles. The highest BCUT2D eigenvalue weighted by Crippen LogP contribution is 2.31. The van der Waals surface area contributed by atoms with Crippen molar-refractivity contribution in [2.75, 3.05) is 13.2 Å². The molecule has 6 nitrogen and oxygen atoms in total. The number of H-pyrrole nitrogens is 1. The van der Waals surface area contributed by atoms with E-state index in [0.29, 0.717) is 29.5 Å². The largest absolute Gasteiger partial charge is 0.493 e. The Morgan fingerprint density at radius 2 is 2.03 bits per heavy atom. The van der Waals surface area contributed by atoms with E-state index < -0.39 is 6.04 Å². The van der Waals surface area contributed by atoms with E-state index in [1.54, 1.807) is 12.1 Å². The Morgan fingerprint density at radius 1 is 1.21 bits per heavy atom. The summed E-state index contributed by atoms with van der Waals surface area (Å²) in [6, 6.07) is 16.6. The van der Waals surface area contributed by atoms with E-state index >= 15 is 0 Å². The first-order chi connectivity index (χ1) is 16.0. The van der Waals surface area contributed by atoms with Crippen molar-refractivity contribution in [1.82, 2.24) is 15.3 Å². The summed E-state index contributed by atoms with van der Waals surface area (Å²) >= 11 is 6.35. The Bertz CT molecular complexity index is 1290. The number of para-hydroxylation sites is 1. The highest BCUT2D eigenvalue weighted by Gasteiger charge is 2.20. The zero-order chi connectivity index (χ0) is 23.4. The highest BCUT2D eigenvalue weighted by atomic mass is 35.5. The maximum absolute atomic E-state index is 13.3. The number of aliphatic hydroxyl groups is 1. The maximum atomic E-state index is 13.3. The van der Waals surface area contributed by atoms with Crippen molar-refractivity contribution in [2.24, 2.45) is 0 Å². The monoisotopic (exact) mass is 463 g/mol. The van der Waals surface area contributed by atoms with E-state index in [1.807, 2.05) is 62.5 Å². The van der Waals surface area contributed by atoms with Gasteiger partial charge in [-0.15, -0.1) is 0 Å². The number of amides is 1. The van der Waals surface area contributed by atoms with Crippen molar-refractivity contribution in [2.45, 2.75) is 26.3 Å². The normalized spacial score (nSPS) is 12.0. The van der Waals surface area contributed by atoms with Crippen molar-refractivity contribution in [3.05, 3.63) is 82.8 Å². The number of benzene rings is 2. The molecular weight excluding hydrogens is 438 g/mol. The fraction of sp³-hybridized carbons (Fsp3) is 0.231. The molecule has 2 aromatic carbocycles. The molecule has 0 spiro atoms. The van der Waals surface area contributed by atoms with Crippen molar-refractivity contribution in [3.8, 4) is 16.9 Å². The molecule has 4 rings (SSSR count). The summed E-state index contributed by atoms with van der Waals surface area (Å²) in [6.07, 6.45) is 2.40. The minimum atomic E-state index is -0.459. The van der Waals surface area contributed by atoms with Crippen LogP contribution < -0.4 is 10.1 Å². The molecule has 1 atom stereocenters. The van der Waals surface area contributed by atoms with Crippen molar-refractivity contribution < 1.29 is 14.6 Å². The van der Waals surface area contributed by atoms with Gasteiger partial charge in [0, 0.05) is 28.4 Å². The van der Waals surface area contributed by atoms with Gasteiger partial charge >= 0.3 is 0 Å². The molecule has 0 saturated heterocycles. The molecule has 1 amide bonds. The van der Waals surface area contributed by atoms with E-state index in [9.17, 15) is 9.90 Å². The molecule has 0 saturated carbocycles. The predicted octanol–water partition coefficient (Wildman–Crippen LogP) is 4.92.